The molecule has 0 bridgehead atoms. The molecule has 100 valence electrons. The zero-order chi connectivity index (χ0) is 13.8. The molecule has 2 N–H and O–H groups in total. The molecule has 1 unspecified atom stereocenters. The van der Waals surface area contributed by atoms with Gasteiger partial charge in [0.2, 0.25) is 0 Å². The van der Waals surface area contributed by atoms with Gasteiger partial charge in [0.05, 0.1) is 0 Å². The smallest absolute Gasteiger partial charge is 0.325 e. The lowest BCUT2D eigenvalue weighted by Crippen LogP contribution is -2.32. The first-order chi connectivity index (χ1) is 9.09. The van der Waals surface area contributed by atoms with Gasteiger partial charge in [-0.1, -0.05) is 30.3 Å². The van der Waals surface area contributed by atoms with Crippen LogP contribution in [0, 0.1) is 0 Å². The highest BCUT2D eigenvalue weighted by Crippen LogP contribution is 2.21. The van der Waals surface area contributed by atoms with E-state index >= 15 is 0 Å². The molecule has 2 rings (SSSR count). The standard InChI is InChI=1S/C13H14N2O4/c16-10(17)7-4-8-15-12(18)11(14-13(15)19)9-5-2-1-3-6-9/h1-3,5-6,11H,4,7-8H2,(H,14,19)(H,16,17). The molecule has 0 saturated carbocycles. The predicted molar refractivity (Wildman–Crippen MR) is 66.3 cm³/mol. The number of hydrogen-bond donors (Lipinski definition) is 2. The third kappa shape index (κ3) is 2.90. The average molecular weight is 262 g/mol. The number of aliphatic carboxylic acids is 1. The van der Waals surface area contributed by atoms with Crippen molar-refractivity contribution < 1.29 is 19.5 Å². The Morgan fingerprint density at radius 2 is 1.95 bits per heavy atom. The molecule has 1 aliphatic rings. The van der Waals surface area contributed by atoms with Crippen LogP contribution in [0.2, 0.25) is 0 Å². The molecule has 0 spiro atoms. The number of amides is 3. The van der Waals surface area contributed by atoms with E-state index in [1.54, 1.807) is 24.3 Å². The lowest BCUT2D eigenvalue weighted by molar-refractivity contribution is -0.137. The molecule has 6 nitrogen and oxygen atoms in total. The number of rotatable bonds is 5. The summed E-state index contributed by atoms with van der Waals surface area (Å²) < 4.78 is 0. The van der Waals surface area contributed by atoms with Crippen LogP contribution in [-0.4, -0.2) is 34.5 Å². The summed E-state index contributed by atoms with van der Waals surface area (Å²) in [5.41, 5.74) is 0.724. The van der Waals surface area contributed by atoms with Crippen molar-refractivity contribution in [2.45, 2.75) is 18.9 Å². The highest BCUT2D eigenvalue weighted by atomic mass is 16.4. The fraction of sp³-hybridized carbons (Fsp3) is 0.308. The molecule has 0 radical (unpaired) electrons. The second-order valence-corrected chi connectivity index (χ2v) is 4.28. The summed E-state index contributed by atoms with van der Waals surface area (Å²) in [6.07, 6.45) is 0.197. The van der Waals surface area contributed by atoms with Crippen LogP contribution in [0.15, 0.2) is 30.3 Å². The van der Waals surface area contributed by atoms with Crippen molar-refractivity contribution in [3.05, 3.63) is 35.9 Å². The minimum Gasteiger partial charge on any atom is -0.481 e. The van der Waals surface area contributed by atoms with Crippen molar-refractivity contribution in [1.29, 1.82) is 0 Å². The Morgan fingerprint density at radius 1 is 1.26 bits per heavy atom. The summed E-state index contributed by atoms with van der Waals surface area (Å²) in [6, 6.07) is 7.81. The Kier molecular flexibility index (Phi) is 3.79. The van der Waals surface area contributed by atoms with E-state index < -0.39 is 18.0 Å². The topological polar surface area (TPSA) is 86.7 Å². The van der Waals surface area contributed by atoms with Crippen LogP contribution in [0.25, 0.3) is 0 Å². The molecule has 1 fully saturated rings. The summed E-state index contributed by atoms with van der Waals surface area (Å²) in [6.45, 7) is 0.125. The van der Waals surface area contributed by atoms with Gasteiger partial charge in [-0.05, 0) is 12.0 Å². The van der Waals surface area contributed by atoms with Crippen molar-refractivity contribution in [2.75, 3.05) is 6.54 Å². The Hall–Kier alpha value is -2.37. The fourth-order valence-corrected chi connectivity index (χ4v) is 1.99. The fourth-order valence-electron chi connectivity index (χ4n) is 1.99. The maximum absolute atomic E-state index is 12.1. The van der Waals surface area contributed by atoms with Gasteiger partial charge in [-0.15, -0.1) is 0 Å². The van der Waals surface area contributed by atoms with E-state index in [-0.39, 0.29) is 25.3 Å². The van der Waals surface area contributed by atoms with E-state index in [0.29, 0.717) is 0 Å². The number of imide groups is 1. The van der Waals surface area contributed by atoms with Gasteiger partial charge in [-0.3, -0.25) is 14.5 Å². The third-order valence-corrected chi connectivity index (χ3v) is 2.93. The molecule has 1 aliphatic heterocycles. The van der Waals surface area contributed by atoms with E-state index in [1.165, 1.54) is 0 Å². The quantitative estimate of drug-likeness (QED) is 0.779. The number of carboxylic acids is 1. The van der Waals surface area contributed by atoms with E-state index in [9.17, 15) is 14.4 Å². The Morgan fingerprint density at radius 3 is 2.58 bits per heavy atom. The van der Waals surface area contributed by atoms with E-state index in [0.717, 1.165) is 10.5 Å². The van der Waals surface area contributed by atoms with Gasteiger partial charge in [0.25, 0.3) is 5.91 Å². The van der Waals surface area contributed by atoms with Gasteiger partial charge in [-0.2, -0.15) is 0 Å². The number of carbonyl (C=O) groups is 3. The Balaban J connectivity index is 2.02. The maximum Gasteiger partial charge on any atom is 0.325 e. The van der Waals surface area contributed by atoms with Crippen molar-refractivity contribution >= 4 is 17.9 Å². The minimum absolute atomic E-state index is 0.0624. The van der Waals surface area contributed by atoms with E-state index in [2.05, 4.69) is 5.32 Å². The molecule has 0 aliphatic carbocycles. The van der Waals surface area contributed by atoms with Crippen LogP contribution >= 0.6 is 0 Å². The molecule has 0 aromatic heterocycles. The van der Waals surface area contributed by atoms with Crippen LogP contribution in [0.5, 0.6) is 0 Å². The van der Waals surface area contributed by atoms with E-state index in [1.807, 2.05) is 6.07 Å². The molecule has 1 aromatic carbocycles. The first-order valence-corrected chi connectivity index (χ1v) is 5.98. The Bertz CT molecular complexity index is 501. The summed E-state index contributed by atoms with van der Waals surface area (Å²) in [5.74, 6) is -1.27. The zero-order valence-electron chi connectivity index (χ0n) is 10.2. The summed E-state index contributed by atoms with van der Waals surface area (Å²) >= 11 is 0. The van der Waals surface area contributed by atoms with Gasteiger partial charge in [0, 0.05) is 13.0 Å². The van der Waals surface area contributed by atoms with E-state index in [4.69, 9.17) is 5.11 Å². The lowest BCUT2D eigenvalue weighted by Gasteiger charge is -2.12. The molecule has 3 amide bonds. The maximum atomic E-state index is 12.1. The zero-order valence-corrected chi connectivity index (χ0v) is 10.2. The minimum atomic E-state index is -0.938. The number of nitrogens with zero attached hydrogens (tertiary/aromatic N) is 1. The number of carbonyl (C=O) groups excluding carboxylic acids is 2. The SMILES string of the molecule is O=C(O)CCCN1C(=O)NC(c2ccccc2)C1=O. The van der Waals surface area contributed by atoms with Crippen LogP contribution < -0.4 is 5.32 Å². The number of urea groups is 1. The van der Waals surface area contributed by atoms with Crippen LogP contribution in [-0.2, 0) is 9.59 Å². The first-order valence-electron chi connectivity index (χ1n) is 5.98. The van der Waals surface area contributed by atoms with Gasteiger partial charge >= 0.3 is 12.0 Å². The third-order valence-electron chi connectivity index (χ3n) is 2.93. The van der Waals surface area contributed by atoms with Crippen LogP contribution in [0.1, 0.15) is 24.4 Å². The molecule has 19 heavy (non-hydrogen) atoms. The van der Waals surface area contributed by atoms with Crippen molar-refractivity contribution in [3.8, 4) is 0 Å². The molecule has 1 saturated heterocycles. The predicted octanol–water partition coefficient (Wildman–Crippen LogP) is 1.14. The molecule has 1 heterocycles. The molecular formula is C13H14N2O4. The second-order valence-electron chi connectivity index (χ2n) is 4.28. The van der Waals surface area contributed by atoms with Crippen LogP contribution in [0.3, 0.4) is 0 Å². The normalized spacial score (nSPS) is 18.5. The molecular weight excluding hydrogens is 248 g/mol. The summed E-state index contributed by atoms with van der Waals surface area (Å²) in [4.78, 5) is 35.3. The van der Waals surface area contributed by atoms with Crippen LogP contribution in [0.4, 0.5) is 4.79 Å². The first kappa shape index (κ1) is 13.1. The Labute approximate surface area is 110 Å². The van der Waals surface area contributed by atoms with Gasteiger partial charge < -0.3 is 10.4 Å². The molecule has 1 aromatic rings. The second kappa shape index (κ2) is 5.51. The largest absolute Gasteiger partial charge is 0.481 e. The van der Waals surface area contributed by atoms with Gasteiger partial charge in [0.15, 0.2) is 0 Å². The highest BCUT2D eigenvalue weighted by molar-refractivity contribution is 6.04. The van der Waals surface area contributed by atoms with Gasteiger partial charge in [0.1, 0.15) is 6.04 Å². The van der Waals surface area contributed by atoms with Crippen molar-refractivity contribution in [1.82, 2.24) is 10.2 Å². The van der Waals surface area contributed by atoms with Crippen molar-refractivity contribution in [3.63, 3.8) is 0 Å². The number of carboxylic acid groups (broad SMARTS) is 1. The molecule has 6 heteroatoms. The lowest BCUT2D eigenvalue weighted by atomic mass is 10.1. The number of hydrogen-bond acceptors (Lipinski definition) is 3. The monoisotopic (exact) mass is 262 g/mol. The number of nitrogens with one attached hydrogen (secondary N) is 1. The highest BCUT2D eigenvalue weighted by Gasteiger charge is 2.38. The van der Waals surface area contributed by atoms with Crippen molar-refractivity contribution in [2.24, 2.45) is 0 Å². The van der Waals surface area contributed by atoms with Gasteiger partial charge in [-0.25, -0.2) is 4.79 Å². The summed E-state index contributed by atoms with van der Waals surface area (Å²) in [7, 11) is 0. The average Bonchev–Trinajstić information content (AvgIpc) is 2.67. The number of benzene rings is 1. The summed E-state index contributed by atoms with van der Waals surface area (Å²) in [5, 5.41) is 11.1. The molecule has 1 atom stereocenters.